The van der Waals surface area contributed by atoms with Crippen molar-refractivity contribution in [1.29, 1.82) is 0 Å². The number of hydrogen-bond donors (Lipinski definition) is 2. The molecule has 1 unspecified atom stereocenters. The quantitative estimate of drug-likeness (QED) is 0.635. The van der Waals surface area contributed by atoms with Crippen LogP contribution in [0.2, 0.25) is 0 Å². The normalized spacial score (nSPS) is 16.4. The number of pyridine rings is 1. The highest BCUT2D eigenvalue weighted by atomic mass is 19.1. The van der Waals surface area contributed by atoms with E-state index in [1.165, 1.54) is 4.90 Å². The Hall–Kier alpha value is -3.40. The van der Waals surface area contributed by atoms with Gasteiger partial charge >= 0.3 is 5.97 Å². The first-order chi connectivity index (χ1) is 14.2. The van der Waals surface area contributed by atoms with Gasteiger partial charge < -0.3 is 20.3 Å². The Morgan fingerprint density at radius 2 is 1.87 bits per heavy atom. The molecule has 10 heteroatoms. The first-order valence-corrected chi connectivity index (χ1v) is 8.95. The minimum atomic E-state index is -1.66. The maximum Gasteiger partial charge on any atom is 0.341 e. The predicted molar refractivity (Wildman–Crippen MR) is 101 cm³/mol. The van der Waals surface area contributed by atoms with Gasteiger partial charge in [0.15, 0.2) is 5.82 Å². The summed E-state index contributed by atoms with van der Waals surface area (Å²) in [6, 6.07) is 2.82. The first-order valence-electron chi connectivity index (χ1n) is 8.95. The fraction of sp³-hybridized carbons (Fsp3) is 0.200. The number of aromatic carboxylic acids is 1. The summed E-state index contributed by atoms with van der Waals surface area (Å²) in [5.74, 6) is -5.92. The van der Waals surface area contributed by atoms with E-state index in [2.05, 4.69) is 0 Å². The Labute approximate surface area is 166 Å². The average molecular weight is 421 g/mol. The smallest absolute Gasteiger partial charge is 0.341 e. The summed E-state index contributed by atoms with van der Waals surface area (Å²) in [5.41, 5.74) is 2.50. The SMILES string of the molecule is NC1CCN(c2c(F)cc3c(=O)c(C(=O)O)cn(-c4ccc(F)cc4F)c3c2F)C1. The summed E-state index contributed by atoms with van der Waals surface area (Å²) in [6.45, 7) is 0.435. The van der Waals surface area contributed by atoms with E-state index in [1.807, 2.05) is 0 Å². The summed E-state index contributed by atoms with van der Waals surface area (Å²) in [4.78, 5) is 25.4. The van der Waals surface area contributed by atoms with Crippen molar-refractivity contribution >= 4 is 22.6 Å². The zero-order valence-electron chi connectivity index (χ0n) is 15.3. The summed E-state index contributed by atoms with van der Waals surface area (Å²) < 4.78 is 58.9. The lowest BCUT2D eigenvalue weighted by Crippen LogP contribution is -2.28. The number of nitrogens with zero attached hydrogens (tertiary/aromatic N) is 2. The van der Waals surface area contributed by atoms with Crippen molar-refractivity contribution in [2.45, 2.75) is 12.5 Å². The highest BCUT2D eigenvalue weighted by molar-refractivity contribution is 5.94. The van der Waals surface area contributed by atoms with Crippen LogP contribution in [-0.2, 0) is 0 Å². The van der Waals surface area contributed by atoms with Crippen molar-refractivity contribution in [3.05, 3.63) is 69.5 Å². The zero-order valence-corrected chi connectivity index (χ0v) is 15.3. The number of fused-ring (bicyclic) bond motifs is 1. The number of hydrogen-bond acceptors (Lipinski definition) is 4. The molecule has 0 amide bonds. The van der Waals surface area contributed by atoms with Gasteiger partial charge in [0.05, 0.1) is 16.6 Å². The molecule has 30 heavy (non-hydrogen) atoms. The molecule has 6 nitrogen and oxygen atoms in total. The Morgan fingerprint density at radius 3 is 2.47 bits per heavy atom. The summed E-state index contributed by atoms with van der Waals surface area (Å²) in [5, 5.41) is 8.75. The first kappa shape index (κ1) is 19.9. The average Bonchev–Trinajstić information content (AvgIpc) is 3.08. The lowest BCUT2D eigenvalue weighted by Gasteiger charge is -2.22. The Morgan fingerprint density at radius 1 is 1.13 bits per heavy atom. The second-order valence-electron chi connectivity index (χ2n) is 7.05. The molecule has 1 aromatic heterocycles. The molecular formula is C20H15F4N3O3. The van der Waals surface area contributed by atoms with Crippen molar-refractivity contribution in [3.63, 3.8) is 0 Å². The molecule has 0 spiro atoms. The van der Waals surface area contributed by atoms with Crippen molar-refractivity contribution in [2.24, 2.45) is 5.73 Å². The molecule has 1 saturated heterocycles. The molecule has 156 valence electrons. The third kappa shape index (κ3) is 3.09. The van der Waals surface area contributed by atoms with Crippen LogP contribution in [0.1, 0.15) is 16.8 Å². The van der Waals surface area contributed by atoms with Gasteiger partial charge in [-0.3, -0.25) is 4.79 Å². The van der Waals surface area contributed by atoms with Crippen LogP contribution in [0.3, 0.4) is 0 Å². The van der Waals surface area contributed by atoms with Crippen LogP contribution in [0.4, 0.5) is 23.2 Å². The number of aromatic nitrogens is 1. The van der Waals surface area contributed by atoms with Crippen LogP contribution in [-0.4, -0.2) is 34.8 Å². The molecule has 1 aliphatic rings. The van der Waals surface area contributed by atoms with Gasteiger partial charge in [-0.2, -0.15) is 0 Å². The van der Waals surface area contributed by atoms with E-state index in [9.17, 15) is 27.9 Å². The fourth-order valence-corrected chi connectivity index (χ4v) is 3.70. The van der Waals surface area contributed by atoms with Crippen LogP contribution < -0.4 is 16.1 Å². The van der Waals surface area contributed by atoms with Gasteiger partial charge in [-0.1, -0.05) is 0 Å². The minimum Gasteiger partial charge on any atom is -0.477 e. The molecule has 1 atom stereocenters. The van der Waals surface area contributed by atoms with Gasteiger partial charge in [0.2, 0.25) is 5.43 Å². The van der Waals surface area contributed by atoms with Gasteiger partial charge in [0.25, 0.3) is 0 Å². The summed E-state index contributed by atoms with van der Waals surface area (Å²) in [7, 11) is 0. The lowest BCUT2D eigenvalue weighted by atomic mass is 10.1. The maximum absolute atomic E-state index is 15.6. The molecule has 4 rings (SSSR count). The highest BCUT2D eigenvalue weighted by Gasteiger charge is 2.29. The molecule has 0 saturated carbocycles. The van der Waals surface area contributed by atoms with Gasteiger partial charge in [0.1, 0.15) is 28.7 Å². The second kappa shape index (κ2) is 7.13. The molecule has 0 bridgehead atoms. The van der Waals surface area contributed by atoms with E-state index in [0.717, 1.165) is 29.0 Å². The van der Waals surface area contributed by atoms with Gasteiger partial charge in [-0.15, -0.1) is 0 Å². The summed E-state index contributed by atoms with van der Waals surface area (Å²) >= 11 is 0. The lowest BCUT2D eigenvalue weighted by molar-refractivity contribution is 0.0695. The number of anilines is 1. The van der Waals surface area contributed by atoms with Crippen LogP contribution in [0.5, 0.6) is 0 Å². The van der Waals surface area contributed by atoms with Gasteiger partial charge in [-0.25, -0.2) is 22.4 Å². The summed E-state index contributed by atoms with van der Waals surface area (Å²) in [6.07, 6.45) is 1.23. The number of carboxylic acids is 1. The predicted octanol–water partition coefficient (Wildman–Crippen LogP) is 2.78. The maximum atomic E-state index is 15.6. The van der Waals surface area contributed by atoms with Crippen LogP contribution in [0, 0.1) is 23.3 Å². The molecule has 2 aromatic carbocycles. The van der Waals surface area contributed by atoms with E-state index in [0.29, 0.717) is 12.5 Å². The number of rotatable bonds is 3. The monoisotopic (exact) mass is 421 g/mol. The standard InChI is InChI=1S/C20H15F4N3O3/c21-9-1-2-15(13(22)5-9)27-8-12(20(29)30)19(28)11-6-14(23)18(16(24)17(11)27)26-4-3-10(25)7-26/h1-2,5-6,8,10H,3-4,7,25H2,(H,29,30). The molecule has 0 aliphatic carbocycles. The van der Waals surface area contributed by atoms with Crippen molar-refractivity contribution < 1.29 is 27.5 Å². The number of halogens is 4. The number of carbonyl (C=O) groups is 1. The Balaban J connectivity index is 2.12. The molecule has 1 fully saturated rings. The van der Waals surface area contributed by atoms with Gasteiger partial charge in [-0.05, 0) is 24.6 Å². The van der Waals surface area contributed by atoms with Crippen molar-refractivity contribution in [1.82, 2.24) is 4.57 Å². The minimum absolute atomic E-state index is 0.168. The van der Waals surface area contributed by atoms with E-state index in [4.69, 9.17) is 5.73 Å². The Kier molecular flexibility index (Phi) is 4.73. The highest BCUT2D eigenvalue weighted by Crippen LogP contribution is 2.33. The molecule has 3 aromatic rings. The van der Waals surface area contributed by atoms with E-state index in [-0.39, 0.29) is 19.1 Å². The molecular weight excluding hydrogens is 406 g/mol. The van der Waals surface area contributed by atoms with E-state index < -0.39 is 62.5 Å². The van der Waals surface area contributed by atoms with E-state index >= 15 is 4.39 Å². The molecule has 2 heterocycles. The molecule has 1 aliphatic heterocycles. The third-order valence-electron chi connectivity index (χ3n) is 5.10. The largest absolute Gasteiger partial charge is 0.477 e. The molecule has 3 N–H and O–H groups in total. The van der Waals surface area contributed by atoms with Crippen LogP contribution >= 0.6 is 0 Å². The number of benzene rings is 2. The topological polar surface area (TPSA) is 88.6 Å². The van der Waals surface area contributed by atoms with Crippen molar-refractivity contribution in [2.75, 3.05) is 18.0 Å². The second-order valence-corrected chi connectivity index (χ2v) is 7.05. The Bertz CT molecular complexity index is 1260. The fourth-order valence-electron chi connectivity index (χ4n) is 3.70. The molecule has 0 radical (unpaired) electrons. The third-order valence-corrected chi connectivity index (χ3v) is 5.10. The van der Waals surface area contributed by atoms with Crippen LogP contribution in [0.15, 0.2) is 35.3 Å². The van der Waals surface area contributed by atoms with E-state index in [1.54, 1.807) is 0 Å². The van der Waals surface area contributed by atoms with Crippen LogP contribution in [0.25, 0.3) is 16.6 Å². The van der Waals surface area contributed by atoms with Crippen molar-refractivity contribution in [3.8, 4) is 5.69 Å². The number of carboxylic acid groups (broad SMARTS) is 1. The van der Waals surface area contributed by atoms with Gasteiger partial charge in [0, 0.05) is 31.4 Å². The zero-order chi connectivity index (χ0) is 21.7. The number of nitrogens with two attached hydrogens (primary N) is 1.